The molecule has 0 aliphatic rings. The van der Waals surface area contributed by atoms with E-state index in [4.69, 9.17) is 9.15 Å². The zero-order valence-corrected chi connectivity index (χ0v) is 17.4. The van der Waals surface area contributed by atoms with Gasteiger partial charge in [-0.15, -0.1) is 0 Å². The zero-order chi connectivity index (χ0) is 22.7. The van der Waals surface area contributed by atoms with E-state index in [1.165, 1.54) is 12.1 Å². The number of aliphatic hydroxyl groups is 1. The van der Waals surface area contributed by atoms with E-state index >= 15 is 0 Å². The van der Waals surface area contributed by atoms with Gasteiger partial charge in [0.25, 0.3) is 0 Å². The first kappa shape index (κ1) is 22.2. The van der Waals surface area contributed by atoms with Crippen molar-refractivity contribution in [2.75, 3.05) is 6.61 Å². The third-order valence-corrected chi connectivity index (χ3v) is 4.92. The number of carbonyl (C=O) groups is 1. The van der Waals surface area contributed by atoms with Gasteiger partial charge in [-0.05, 0) is 45.0 Å². The van der Waals surface area contributed by atoms with Crippen LogP contribution in [0.1, 0.15) is 47.7 Å². The standard InChI is InChI=1S/C22H23FN2O6/c1-4-30-19(28)10-17(22-21(29)18(27)9-16(11-26)31-22)20-12(2)24-25(13(20)3)15-7-5-14(23)6-8-15/h5-9,17,26,29H,4,10-11H2,1-3H3/t17-/m0/s1. The molecule has 31 heavy (non-hydrogen) atoms. The van der Waals surface area contributed by atoms with Crippen molar-refractivity contribution in [1.29, 1.82) is 0 Å². The highest BCUT2D eigenvalue weighted by Gasteiger charge is 2.31. The molecule has 164 valence electrons. The molecule has 3 rings (SSSR count). The molecule has 0 radical (unpaired) electrons. The van der Waals surface area contributed by atoms with E-state index in [9.17, 15) is 24.2 Å². The predicted molar refractivity (Wildman–Crippen MR) is 109 cm³/mol. The minimum absolute atomic E-state index is 0.0482. The molecule has 2 aromatic heterocycles. The number of halogens is 1. The SMILES string of the molecule is CCOC(=O)C[C@H](c1oc(CO)cc(=O)c1O)c1c(C)nn(-c2ccc(F)cc2)c1C. The molecule has 0 saturated heterocycles. The van der Waals surface area contributed by atoms with Crippen LogP contribution in [0.3, 0.4) is 0 Å². The summed E-state index contributed by atoms with van der Waals surface area (Å²) >= 11 is 0. The molecule has 0 saturated carbocycles. The Hall–Kier alpha value is -3.46. The Kier molecular flexibility index (Phi) is 6.55. The number of aromatic hydroxyl groups is 1. The van der Waals surface area contributed by atoms with Crippen LogP contribution in [-0.4, -0.2) is 32.6 Å². The van der Waals surface area contributed by atoms with Gasteiger partial charge >= 0.3 is 5.97 Å². The zero-order valence-electron chi connectivity index (χ0n) is 17.4. The molecule has 2 N–H and O–H groups in total. The number of nitrogens with zero attached hydrogens (tertiary/aromatic N) is 2. The molecular weight excluding hydrogens is 407 g/mol. The molecule has 3 aromatic rings. The molecule has 0 amide bonds. The van der Waals surface area contributed by atoms with Crippen molar-refractivity contribution in [1.82, 2.24) is 9.78 Å². The van der Waals surface area contributed by atoms with Crippen molar-refractivity contribution in [2.24, 2.45) is 0 Å². The topological polar surface area (TPSA) is 115 Å². The van der Waals surface area contributed by atoms with E-state index in [2.05, 4.69) is 5.10 Å². The predicted octanol–water partition coefficient (Wildman–Crippen LogP) is 2.86. The highest BCUT2D eigenvalue weighted by Crippen LogP contribution is 2.37. The maximum absolute atomic E-state index is 13.3. The molecule has 1 atom stereocenters. The monoisotopic (exact) mass is 430 g/mol. The molecule has 1 aromatic carbocycles. The molecular formula is C22H23FN2O6. The van der Waals surface area contributed by atoms with Crippen LogP contribution >= 0.6 is 0 Å². The van der Waals surface area contributed by atoms with E-state index in [0.29, 0.717) is 22.6 Å². The van der Waals surface area contributed by atoms with Gasteiger partial charge in [0, 0.05) is 17.3 Å². The molecule has 2 heterocycles. The average molecular weight is 430 g/mol. The molecule has 0 aliphatic carbocycles. The maximum Gasteiger partial charge on any atom is 0.306 e. The lowest BCUT2D eigenvalue weighted by Crippen LogP contribution is -2.16. The van der Waals surface area contributed by atoms with Gasteiger partial charge in [0.2, 0.25) is 11.2 Å². The van der Waals surface area contributed by atoms with Crippen LogP contribution in [0.2, 0.25) is 0 Å². The Morgan fingerprint density at radius 1 is 1.29 bits per heavy atom. The molecule has 0 bridgehead atoms. The fourth-order valence-electron chi connectivity index (χ4n) is 3.57. The summed E-state index contributed by atoms with van der Waals surface area (Å²) in [7, 11) is 0. The summed E-state index contributed by atoms with van der Waals surface area (Å²) in [5.74, 6) is -2.70. The Morgan fingerprint density at radius 2 is 1.97 bits per heavy atom. The fourth-order valence-corrected chi connectivity index (χ4v) is 3.57. The van der Waals surface area contributed by atoms with E-state index in [1.807, 2.05) is 0 Å². The number of aromatic nitrogens is 2. The maximum atomic E-state index is 13.3. The van der Waals surface area contributed by atoms with Gasteiger partial charge < -0.3 is 19.4 Å². The highest BCUT2D eigenvalue weighted by atomic mass is 19.1. The largest absolute Gasteiger partial charge is 0.502 e. The van der Waals surface area contributed by atoms with Gasteiger partial charge in [-0.1, -0.05) is 0 Å². The van der Waals surface area contributed by atoms with Crippen LogP contribution in [0.4, 0.5) is 4.39 Å². The second-order valence-electron chi connectivity index (χ2n) is 6.98. The minimum Gasteiger partial charge on any atom is -0.502 e. The first-order valence-electron chi connectivity index (χ1n) is 9.71. The number of benzene rings is 1. The van der Waals surface area contributed by atoms with E-state index in [0.717, 1.165) is 6.07 Å². The second-order valence-corrected chi connectivity index (χ2v) is 6.98. The summed E-state index contributed by atoms with van der Waals surface area (Å²) in [5, 5.41) is 24.3. The van der Waals surface area contributed by atoms with E-state index < -0.39 is 35.5 Å². The van der Waals surface area contributed by atoms with E-state index in [-0.39, 0.29) is 24.5 Å². The Bertz CT molecular complexity index is 1150. The third kappa shape index (κ3) is 4.51. The third-order valence-electron chi connectivity index (χ3n) is 4.92. The number of aliphatic hydroxyl groups excluding tert-OH is 1. The second kappa shape index (κ2) is 9.13. The normalized spacial score (nSPS) is 12.0. The summed E-state index contributed by atoms with van der Waals surface area (Å²) < 4.78 is 25.6. The van der Waals surface area contributed by atoms with Crippen LogP contribution in [0.25, 0.3) is 5.69 Å². The average Bonchev–Trinajstić information content (AvgIpc) is 3.03. The van der Waals surface area contributed by atoms with E-state index in [1.54, 1.807) is 37.6 Å². The number of hydrogen-bond acceptors (Lipinski definition) is 7. The van der Waals surface area contributed by atoms with Gasteiger partial charge in [0.15, 0.2) is 5.76 Å². The Labute approximate surface area is 177 Å². The number of hydrogen-bond donors (Lipinski definition) is 2. The van der Waals surface area contributed by atoms with Crippen LogP contribution in [-0.2, 0) is 16.1 Å². The Balaban J connectivity index is 2.20. The van der Waals surface area contributed by atoms with Gasteiger partial charge in [0.1, 0.15) is 18.2 Å². The number of carbonyl (C=O) groups excluding carboxylic acids is 1. The van der Waals surface area contributed by atoms with Crippen LogP contribution in [0, 0.1) is 19.7 Å². The molecule has 0 unspecified atom stereocenters. The van der Waals surface area contributed by atoms with Gasteiger partial charge in [0.05, 0.1) is 30.3 Å². The summed E-state index contributed by atoms with van der Waals surface area (Å²) in [6.07, 6.45) is -0.226. The number of rotatable bonds is 7. The fraction of sp³-hybridized carbons (Fsp3) is 0.318. The van der Waals surface area contributed by atoms with Crippen LogP contribution in [0.5, 0.6) is 5.75 Å². The Morgan fingerprint density at radius 3 is 2.58 bits per heavy atom. The highest BCUT2D eigenvalue weighted by molar-refractivity contribution is 5.71. The first-order chi connectivity index (χ1) is 14.8. The smallest absolute Gasteiger partial charge is 0.306 e. The molecule has 9 heteroatoms. The quantitative estimate of drug-likeness (QED) is 0.554. The molecule has 8 nitrogen and oxygen atoms in total. The van der Waals surface area contributed by atoms with Crippen molar-refractivity contribution in [3.05, 3.63) is 74.8 Å². The summed E-state index contributed by atoms with van der Waals surface area (Å²) in [4.78, 5) is 24.5. The van der Waals surface area contributed by atoms with Crippen molar-refractivity contribution in [3.8, 4) is 11.4 Å². The molecule has 0 fully saturated rings. The number of esters is 1. The summed E-state index contributed by atoms with van der Waals surface area (Å²) in [6.45, 7) is 4.74. The van der Waals surface area contributed by atoms with Gasteiger partial charge in [-0.3, -0.25) is 9.59 Å². The summed E-state index contributed by atoms with van der Waals surface area (Å²) in [6, 6.07) is 6.71. The van der Waals surface area contributed by atoms with Crippen molar-refractivity contribution in [3.63, 3.8) is 0 Å². The van der Waals surface area contributed by atoms with Crippen molar-refractivity contribution < 1.29 is 28.6 Å². The van der Waals surface area contributed by atoms with Crippen molar-refractivity contribution in [2.45, 2.75) is 39.7 Å². The lowest BCUT2D eigenvalue weighted by molar-refractivity contribution is -0.143. The first-order valence-corrected chi connectivity index (χ1v) is 9.71. The lowest BCUT2D eigenvalue weighted by Gasteiger charge is -2.18. The van der Waals surface area contributed by atoms with Crippen LogP contribution < -0.4 is 5.43 Å². The van der Waals surface area contributed by atoms with Gasteiger partial charge in [-0.2, -0.15) is 5.10 Å². The molecule has 0 aliphatic heterocycles. The number of aryl methyl sites for hydroxylation is 1. The van der Waals surface area contributed by atoms with Crippen LogP contribution in [0.15, 0.2) is 39.5 Å². The summed E-state index contributed by atoms with van der Waals surface area (Å²) in [5.41, 5.74) is 1.53. The van der Waals surface area contributed by atoms with Crippen molar-refractivity contribution >= 4 is 5.97 Å². The molecule has 0 spiro atoms. The lowest BCUT2D eigenvalue weighted by atomic mass is 9.90. The number of ether oxygens (including phenoxy) is 1. The minimum atomic E-state index is -0.896. The van der Waals surface area contributed by atoms with Gasteiger partial charge in [-0.25, -0.2) is 9.07 Å².